The predicted octanol–water partition coefficient (Wildman–Crippen LogP) is 2.79. The lowest BCUT2D eigenvalue weighted by Gasteiger charge is -2.19. The summed E-state index contributed by atoms with van der Waals surface area (Å²) in [5.74, 6) is -3.16. The van der Waals surface area contributed by atoms with E-state index in [1.54, 1.807) is 6.92 Å². The average molecular weight is 509 g/mol. The molecule has 2 unspecified atom stereocenters. The number of esters is 1. The molecule has 0 saturated heterocycles. The monoisotopic (exact) mass is 508 g/mol. The van der Waals surface area contributed by atoms with Crippen molar-refractivity contribution >= 4 is 51.5 Å². The maximum atomic E-state index is 13.1. The van der Waals surface area contributed by atoms with Crippen LogP contribution in [0.5, 0.6) is 5.75 Å². The second-order valence-electron chi connectivity index (χ2n) is 6.67. The molecule has 1 rings (SSSR count). The minimum atomic E-state index is -4.75. The molecule has 13 heteroatoms. The van der Waals surface area contributed by atoms with E-state index in [1.165, 1.54) is 13.2 Å². The highest BCUT2D eigenvalue weighted by Gasteiger charge is 2.33. The van der Waals surface area contributed by atoms with Crippen molar-refractivity contribution in [3.63, 3.8) is 0 Å². The van der Waals surface area contributed by atoms with Crippen LogP contribution in [-0.4, -0.2) is 52.1 Å². The molecule has 2 atom stereocenters. The molecule has 0 bridgehead atoms. The highest BCUT2D eigenvalue weighted by molar-refractivity contribution is 8.14. The van der Waals surface area contributed by atoms with Gasteiger partial charge in [0.05, 0.1) is 17.2 Å². The van der Waals surface area contributed by atoms with E-state index < -0.39 is 57.6 Å². The Morgan fingerprint density at radius 1 is 1.03 bits per heavy atom. The summed E-state index contributed by atoms with van der Waals surface area (Å²) in [5.41, 5.74) is -1.39. The Bertz CT molecular complexity index is 924. The Labute approximate surface area is 196 Å². The maximum absolute atomic E-state index is 13.1. The topological polar surface area (TPSA) is 119 Å². The summed E-state index contributed by atoms with van der Waals surface area (Å²) in [7, 11) is 0. The first-order valence-corrected chi connectivity index (χ1v) is 11.7. The molecule has 0 heterocycles. The largest absolute Gasteiger partial charge is 0.424 e. The number of alkyl halides is 3. The van der Waals surface area contributed by atoms with Crippen LogP contribution in [0, 0.1) is 0 Å². The SMILES string of the molecule is CCC(NC(C)=O)C(=O)SCC(NC(C)=O)C(=O)Oc1cc(C(F)(F)F)ccc1C(=O)SC. The van der Waals surface area contributed by atoms with E-state index in [4.69, 9.17) is 4.74 Å². The van der Waals surface area contributed by atoms with Crippen molar-refractivity contribution in [1.82, 2.24) is 10.6 Å². The molecular weight excluding hydrogens is 485 g/mol. The van der Waals surface area contributed by atoms with E-state index in [-0.39, 0.29) is 17.7 Å². The number of ether oxygens (including phenoxy) is 1. The van der Waals surface area contributed by atoms with Crippen molar-refractivity contribution < 1.29 is 41.9 Å². The molecule has 0 fully saturated rings. The summed E-state index contributed by atoms with van der Waals surface area (Å²) < 4.78 is 44.4. The minimum Gasteiger partial charge on any atom is -0.424 e. The summed E-state index contributed by atoms with van der Waals surface area (Å²) in [6, 6.07) is -0.120. The molecule has 33 heavy (non-hydrogen) atoms. The molecular formula is C20H23F3N2O6S2. The van der Waals surface area contributed by atoms with Gasteiger partial charge in [0, 0.05) is 19.6 Å². The first-order valence-electron chi connectivity index (χ1n) is 9.52. The third-order valence-corrected chi connectivity index (χ3v) is 5.71. The van der Waals surface area contributed by atoms with Gasteiger partial charge in [0.15, 0.2) is 0 Å². The van der Waals surface area contributed by atoms with Crippen molar-refractivity contribution in [2.45, 2.75) is 45.5 Å². The molecule has 182 valence electrons. The summed E-state index contributed by atoms with van der Waals surface area (Å²) in [6.45, 7) is 4.00. The van der Waals surface area contributed by atoms with E-state index in [2.05, 4.69) is 10.6 Å². The fourth-order valence-corrected chi connectivity index (χ4v) is 3.86. The number of carbonyl (C=O) groups excluding carboxylic acids is 5. The normalized spacial score (nSPS) is 12.9. The Morgan fingerprint density at radius 3 is 2.09 bits per heavy atom. The number of hydrogen-bond acceptors (Lipinski definition) is 8. The van der Waals surface area contributed by atoms with Crippen LogP contribution in [0.2, 0.25) is 0 Å². The van der Waals surface area contributed by atoms with Crippen LogP contribution in [0.3, 0.4) is 0 Å². The first kappa shape index (κ1) is 28.5. The zero-order chi connectivity index (χ0) is 25.3. The average Bonchev–Trinajstić information content (AvgIpc) is 2.72. The van der Waals surface area contributed by atoms with Crippen LogP contribution < -0.4 is 15.4 Å². The van der Waals surface area contributed by atoms with Crippen LogP contribution >= 0.6 is 23.5 Å². The van der Waals surface area contributed by atoms with Crippen LogP contribution in [-0.2, 0) is 25.4 Å². The van der Waals surface area contributed by atoms with E-state index >= 15 is 0 Å². The number of nitrogens with one attached hydrogen (secondary N) is 2. The molecule has 1 aromatic carbocycles. The van der Waals surface area contributed by atoms with Gasteiger partial charge >= 0.3 is 12.1 Å². The summed E-state index contributed by atoms with van der Waals surface area (Å²) in [6.07, 6.45) is -3.06. The van der Waals surface area contributed by atoms with Gasteiger partial charge in [-0.1, -0.05) is 30.4 Å². The van der Waals surface area contributed by atoms with Crippen LogP contribution in [0.15, 0.2) is 18.2 Å². The lowest BCUT2D eigenvalue weighted by molar-refractivity contribution is -0.140. The molecule has 2 N–H and O–H groups in total. The summed E-state index contributed by atoms with van der Waals surface area (Å²) in [4.78, 5) is 59.8. The van der Waals surface area contributed by atoms with Gasteiger partial charge in [0.25, 0.3) is 0 Å². The third kappa shape index (κ3) is 9.08. The zero-order valence-electron chi connectivity index (χ0n) is 18.2. The molecule has 0 saturated carbocycles. The molecule has 0 aromatic heterocycles. The molecule has 0 radical (unpaired) electrons. The summed E-state index contributed by atoms with van der Waals surface area (Å²) >= 11 is 1.35. The third-order valence-electron chi connectivity index (χ3n) is 4.05. The number of carbonyl (C=O) groups is 5. The Balaban J connectivity index is 3.13. The summed E-state index contributed by atoms with van der Waals surface area (Å²) in [5, 5.41) is 3.61. The lowest BCUT2D eigenvalue weighted by atomic mass is 10.1. The number of benzene rings is 1. The predicted molar refractivity (Wildman–Crippen MR) is 118 cm³/mol. The number of halogens is 3. The van der Waals surface area contributed by atoms with E-state index in [1.807, 2.05) is 0 Å². The van der Waals surface area contributed by atoms with Crippen molar-refractivity contribution in [2.24, 2.45) is 0 Å². The Hall–Kier alpha value is -2.54. The molecule has 0 aliphatic heterocycles. The fraction of sp³-hybridized carbons (Fsp3) is 0.450. The van der Waals surface area contributed by atoms with Gasteiger partial charge in [-0.25, -0.2) is 4.79 Å². The first-order chi connectivity index (χ1) is 15.3. The van der Waals surface area contributed by atoms with Crippen molar-refractivity contribution in [3.8, 4) is 5.75 Å². The van der Waals surface area contributed by atoms with Gasteiger partial charge in [-0.05, 0) is 30.9 Å². The standard InChI is InChI=1S/C20H23F3N2O6S2/c1-5-14(24-10(2)26)19(30)33-9-15(25-11(3)27)17(28)31-16-8-12(20(21,22)23)6-7-13(16)18(29)32-4/h6-8,14-15H,5,9H2,1-4H3,(H,24,26)(H,25,27). The molecule has 2 amide bonds. The van der Waals surface area contributed by atoms with Gasteiger partial charge < -0.3 is 15.4 Å². The number of rotatable bonds is 9. The smallest absolute Gasteiger partial charge is 0.416 e. The quantitative estimate of drug-likeness (QED) is 0.386. The minimum absolute atomic E-state index is 0.258. The van der Waals surface area contributed by atoms with Crippen LogP contribution in [0.1, 0.15) is 43.1 Å². The highest BCUT2D eigenvalue weighted by Crippen LogP contribution is 2.34. The second-order valence-corrected chi connectivity index (χ2v) is 8.47. The van der Waals surface area contributed by atoms with Crippen molar-refractivity contribution in [3.05, 3.63) is 29.3 Å². The van der Waals surface area contributed by atoms with Gasteiger partial charge in [0.2, 0.25) is 22.0 Å². The lowest BCUT2D eigenvalue weighted by Crippen LogP contribution is -2.45. The van der Waals surface area contributed by atoms with Gasteiger partial charge in [-0.3, -0.25) is 19.2 Å². The van der Waals surface area contributed by atoms with Crippen molar-refractivity contribution in [1.29, 1.82) is 0 Å². The Kier molecular flexibility index (Phi) is 10.9. The van der Waals surface area contributed by atoms with Crippen molar-refractivity contribution in [2.75, 3.05) is 12.0 Å². The molecule has 0 aliphatic carbocycles. The number of hydrogen-bond donors (Lipinski definition) is 2. The number of amides is 2. The Morgan fingerprint density at radius 2 is 1.61 bits per heavy atom. The fourth-order valence-electron chi connectivity index (χ4n) is 2.49. The van der Waals surface area contributed by atoms with Crippen LogP contribution in [0.25, 0.3) is 0 Å². The molecule has 0 aliphatic rings. The highest BCUT2D eigenvalue weighted by atomic mass is 32.2. The maximum Gasteiger partial charge on any atom is 0.416 e. The van der Waals surface area contributed by atoms with E-state index in [9.17, 15) is 37.1 Å². The van der Waals surface area contributed by atoms with E-state index in [0.29, 0.717) is 35.7 Å². The zero-order valence-corrected chi connectivity index (χ0v) is 19.8. The van der Waals surface area contributed by atoms with Gasteiger partial charge in [-0.15, -0.1) is 0 Å². The number of thioether (sulfide) groups is 2. The van der Waals surface area contributed by atoms with Gasteiger partial charge in [0.1, 0.15) is 11.8 Å². The van der Waals surface area contributed by atoms with E-state index in [0.717, 1.165) is 13.0 Å². The molecule has 8 nitrogen and oxygen atoms in total. The van der Waals surface area contributed by atoms with Crippen LogP contribution in [0.4, 0.5) is 13.2 Å². The molecule has 1 aromatic rings. The second kappa shape index (κ2) is 12.6. The molecule has 0 spiro atoms. The van der Waals surface area contributed by atoms with Gasteiger partial charge in [-0.2, -0.15) is 13.2 Å².